The van der Waals surface area contributed by atoms with Crippen molar-refractivity contribution in [3.05, 3.63) is 24.0 Å². The van der Waals surface area contributed by atoms with Crippen LogP contribution in [0.2, 0.25) is 0 Å². The van der Waals surface area contributed by atoms with Gasteiger partial charge >= 0.3 is 0 Å². The number of hydrogen-bond donors (Lipinski definition) is 1. The van der Waals surface area contributed by atoms with E-state index in [4.69, 9.17) is 9.78 Å². The molecule has 174 valence electrons. The van der Waals surface area contributed by atoms with E-state index in [1.165, 1.54) is 25.7 Å². The van der Waals surface area contributed by atoms with E-state index in [9.17, 15) is 5.11 Å². The maximum absolute atomic E-state index is 10.4. The topological polar surface area (TPSA) is 38.7 Å². The Bertz CT molecular complexity index is 770. The smallest absolute Gasteiger partial charge is 0.145 e. The van der Waals surface area contributed by atoms with Crippen molar-refractivity contribution in [3.8, 4) is 0 Å². The third-order valence-corrected chi connectivity index (χ3v) is 11.1. The van der Waals surface area contributed by atoms with Gasteiger partial charge in [0.25, 0.3) is 0 Å². The number of rotatable bonds is 4. The van der Waals surface area contributed by atoms with Crippen molar-refractivity contribution in [2.75, 3.05) is 0 Å². The van der Waals surface area contributed by atoms with Crippen molar-refractivity contribution in [1.29, 1.82) is 0 Å². The van der Waals surface area contributed by atoms with Crippen LogP contribution in [0, 0.1) is 52.3 Å². The van der Waals surface area contributed by atoms with Gasteiger partial charge in [-0.25, -0.2) is 0 Å². The summed E-state index contributed by atoms with van der Waals surface area (Å²) in [5.74, 6) is 5.63. The molecule has 1 N–H and O–H groups in total. The zero-order valence-corrected chi connectivity index (χ0v) is 20.6. The summed E-state index contributed by atoms with van der Waals surface area (Å²) in [4.78, 5) is 12.1. The van der Waals surface area contributed by atoms with Crippen LogP contribution < -0.4 is 0 Å². The lowest BCUT2D eigenvalue weighted by molar-refractivity contribution is -0.332. The SMILES string of the molecule is CC(C)[C@@H](C)C=C[C@@H](C)[C@H]1CC[C@H]2[C@@H]3C4=CC5(CC(O)CC[C@]5(C)[C@H]3CC[C@]12C)OO4. The molecule has 0 aromatic heterocycles. The third-order valence-electron chi connectivity index (χ3n) is 11.1. The number of aliphatic hydroxyl groups is 1. The highest BCUT2D eigenvalue weighted by molar-refractivity contribution is 5.30. The van der Waals surface area contributed by atoms with E-state index < -0.39 is 5.60 Å². The fourth-order valence-corrected chi connectivity index (χ4v) is 8.63. The Morgan fingerprint density at radius 2 is 1.77 bits per heavy atom. The van der Waals surface area contributed by atoms with Gasteiger partial charge in [-0.15, -0.1) is 0 Å². The van der Waals surface area contributed by atoms with E-state index in [1.807, 2.05) is 0 Å². The van der Waals surface area contributed by atoms with E-state index in [-0.39, 0.29) is 11.5 Å². The largest absolute Gasteiger partial charge is 0.393 e. The van der Waals surface area contributed by atoms with Crippen LogP contribution in [0.5, 0.6) is 0 Å². The second-order valence-electron chi connectivity index (χ2n) is 12.7. The van der Waals surface area contributed by atoms with Crippen molar-refractivity contribution in [1.82, 2.24) is 0 Å². The molecular weight excluding hydrogens is 384 g/mol. The molecule has 10 atom stereocenters. The maximum Gasteiger partial charge on any atom is 0.145 e. The highest BCUT2D eigenvalue weighted by Gasteiger charge is 2.69. The molecule has 31 heavy (non-hydrogen) atoms. The summed E-state index contributed by atoms with van der Waals surface area (Å²) in [7, 11) is 0. The van der Waals surface area contributed by atoms with E-state index in [0.29, 0.717) is 47.3 Å². The normalized spacial score (nSPS) is 50.5. The van der Waals surface area contributed by atoms with Crippen LogP contribution in [0.4, 0.5) is 0 Å². The van der Waals surface area contributed by atoms with Gasteiger partial charge < -0.3 is 9.99 Å². The molecule has 3 fully saturated rings. The van der Waals surface area contributed by atoms with Gasteiger partial charge in [-0.05, 0) is 85.5 Å². The molecule has 2 bridgehead atoms. The standard InChI is InChI=1S/C28H44O3/c1-17(2)18(3)7-8-19(4)21-9-10-22-25-23(12-13-26(21,22)5)27(6)14-11-20(29)15-28(27)16-24(25)30-31-28/h7-8,16-23,25,29H,9-15H2,1-6H3/t18-,19+,20?,21+,22-,23-,25-,26+,27+,28?/m0/s1. The van der Waals surface area contributed by atoms with Crippen LogP contribution in [-0.4, -0.2) is 16.8 Å². The van der Waals surface area contributed by atoms with Gasteiger partial charge in [0, 0.05) is 17.8 Å². The first-order valence-electron chi connectivity index (χ1n) is 13.1. The van der Waals surface area contributed by atoms with Crippen molar-refractivity contribution < 1.29 is 14.9 Å². The van der Waals surface area contributed by atoms with Gasteiger partial charge in [0.15, 0.2) is 0 Å². The molecule has 5 aliphatic rings. The number of hydrogen-bond acceptors (Lipinski definition) is 3. The molecule has 0 aromatic rings. The summed E-state index contributed by atoms with van der Waals surface area (Å²) in [6.07, 6.45) is 14.9. The fourth-order valence-electron chi connectivity index (χ4n) is 8.63. The Hall–Kier alpha value is -0.800. The monoisotopic (exact) mass is 428 g/mol. The summed E-state index contributed by atoms with van der Waals surface area (Å²) in [5.41, 5.74) is 0.0494. The van der Waals surface area contributed by atoms with E-state index in [0.717, 1.165) is 24.5 Å². The van der Waals surface area contributed by atoms with Gasteiger partial charge in [-0.1, -0.05) is 53.7 Å². The first-order chi connectivity index (χ1) is 14.6. The third kappa shape index (κ3) is 3.05. The van der Waals surface area contributed by atoms with Crippen LogP contribution in [0.15, 0.2) is 24.0 Å². The summed E-state index contributed by atoms with van der Waals surface area (Å²) in [5, 5.41) is 10.4. The lowest BCUT2D eigenvalue weighted by Crippen LogP contribution is -2.60. The van der Waals surface area contributed by atoms with Crippen molar-refractivity contribution in [3.63, 3.8) is 0 Å². The fraction of sp³-hybridized carbons (Fsp3) is 0.857. The van der Waals surface area contributed by atoms with Gasteiger partial charge in [0.2, 0.25) is 0 Å². The lowest BCUT2D eigenvalue weighted by Gasteiger charge is -2.59. The summed E-state index contributed by atoms with van der Waals surface area (Å²) in [6.45, 7) is 14.5. The Labute approximate surface area is 189 Å². The van der Waals surface area contributed by atoms with E-state index in [1.54, 1.807) is 0 Å². The Balaban J connectivity index is 1.43. The Morgan fingerprint density at radius 1 is 1.00 bits per heavy atom. The zero-order chi connectivity index (χ0) is 22.2. The number of fused-ring (bicyclic) bond motifs is 5. The number of aliphatic hydroxyl groups excluding tert-OH is 1. The molecule has 4 aliphatic carbocycles. The molecule has 0 radical (unpaired) electrons. The summed E-state index contributed by atoms with van der Waals surface area (Å²) in [6, 6.07) is 0. The molecule has 2 unspecified atom stereocenters. The molecule has 3 nitrogen and oxygen atoms in total. The first-order valence-corrected chi connectivity index (χ1v) is 13.1. The second-order valence-corrected chi connectivity index (χ2v) is 12.7. The van der Waals surface area contributed by atoms with E-state index in [2.05, 4.69) is 59.8 Å². The molecule has 0 saturated heterocycles. The van der Waals surface area contributed by atoms with Crippen molar-refractivity contribution in [2.24, 2.45) is 52.3 Å². The van der Waals surface area contributed by atoms with Crippen molar-refractivity contribution >= 4 is 0 Å². The second kappa shape index (κ2) is 7.35. The first kappa shape index (κ1) is 22.0. The molecule has 1 heterocycles. The highest BCUT2D eigenvalue weighted by atomic mass is 17.2. The van der Waals surface area contributed by atoms with Crippen LogP contribution in [0.1, 0.15) is 86.5 Å². The Morgan fingerprint density at radius 3 is 2.52 bits per heavy atom. The maximum atomic E-state index is 10.4. The van der Waals surface area contributed by atoms with Crippen LogP contribution in [0.25, 0.3) is 0 Å². The molecule has 1 spiro atoms. The minimum Gasteiger partial charge on any atom is -0.393 e. The van der Waals surface area contributed by atoms with Gasteiger partial charge in [-0.2, -0.15) is 4.89 Å². The summed E-state index contributed by atoms with van der Waals surface area (Å²) >= 11 is 0. The molecule has 3 saturated carbocycles. The average Bonchev–Trinajstić information content (AvgIpc) is 3.27. The average molecular weight is 429 g/mol. The molecule has 3 heteroatoms. The molecule has 5 rings (SSSR count). The molecule has 1 aliphatic heterocycles. The summed E-state index contributed by atoms with van der Waals surface area (Å²) < 4.78 is 0. The van der Waals surface area contributed by atoms with Gasteiger partial charge in [-0.3, -0.25) is 0 Å². The molecular formula is C28H44O3. The van der Waals surface area contributed by atoms with Crippen LogP contribution in [-0.2, 0) is 9.78 Å². The molecule has 0 aromatic carbocycles. The van der Waals surface area contributed by atoms with Crippen molar-refractivity contribution in [2.45, 2.75) is 98.2 Å². The van der Waals surface area contributed by atoms with E-state index >= 15 is 0 Å². The highest BCUT2D eigenvalue weighted by Crippen LogP contribution is 2.71. The minimum atomic E-state index is -0.407. The lowest BCUT2D eigenvalue weighted by atomic mass is 9.44. The number of allylic oxidation sites excluding steroid dienone is 3. The minimum absolute atomic E-state index is 0.0779. The van der Waals surface area contributed by atoms with Crippen LogP contribution >= 0.6 is 0 Å². The zero-order valence-electron chi connectivity index (χ0n) is 20.6. The quantitative estimate of drug-likeness (QED) is 0.401. The van der Waals surface area contributed by atoms with Crippen LogP contribution in [0.3, 0.4) is 0 Å². The Kier molecular flexibility index (Phi) is 5.22. The van der Waals surface area contributed by atoms with Gasteiger partial charge in [0.05, 0.1) is 6.10 Å². The predicted molar refractivity (Wildman–Crippen MR) is 124 cm³/mol. The predicted octanol–water partition coefficient (Wildman–Crippen LogP) is 6.68. The van der Waals surface area contributed by atoms with Gasteiger partial charge in [0.1, 0.15) is 11.4 Å². The molecule has 0 amide bonds.